The van der Waals surface area contributed by atoms with Crippen LogP contribution in [0.5, 0.6) is 0 Å². The van der Waals surface area contributed by atoms with Gasteiger partial charge in [0.1, 0.15) is 0 Å². The molecule has 1 aliphatic rings. The van der Waals surface area contributed by atoms with Crippen molar-refractivity contribution in [1.82, 2.24) is 4.90 Å². The van der Waals surface area contributed by atoms with Gasteiger partial charge in [-0.2, -0.15) is 0 Å². The summed E-state index contributed by atoms with van der Waals surface area (Å²) in [7, 11) is 0. The number of carbonyl (C=O) groups excluding carboxylic acids is 2. The molecule has 0 bridgehead atoms. The van der Waals surface area contributed by atoms with Crippen molar-refractivity contribution in [2.24, 2.45) is 0 Å². The van der Waals surface area contributed by atoms with Crippen LogP contribution in [0, 0.1) is 0 Å². The van der Waals surface area contributed by atoms with Gasteiger partial charge in [0.25, 0.3) is 5.91 Å². The van der Waals surface area contributed by atoms with Crippen molar-refractivity contribution < 1.29 is 9.59 Å². The highest BCUT2D eigenvalue weighted by molar-refractivity contribution is 9.10. The molecule has 0 saturated heterocycles. The average molecular weight is 406 g/mol. The van der Waals surface area contributed by atoms with Gasteiger partial charge in [-0.15, -0.1) is 0 Å². The number of anilines is 1. The van der Waals surface area contributed by atoms with Crippen LogP contribution in [0.3, 0.4) is 0 Å². The number of nitrogens with zero attached hydrogens (tertiary/aromatic N) is 1. The van der Waals surface area contributed by atoms with Crippen LogP contribution in [0.1, 0.15) is 22.3 Å². The Balaban J connectivity index is 1.63. The van der Waals surface area contributed by atoms with Crippen LogP contribution in [-0.4, -0.2) is 23.3 Å². The predicted octanol–water partition coefficient (Wildman–Crippen LogP) is 4.56. The van der Waals surface area contributed by atoms with Gasteiger partial charge >= 0.3 is 0 Å². The first-order valence-electron chi connectivity index (χ1n) is 7.32. The molecule has 1 heterocycles. The first-order valence-corrected chi connectivity index (χ1v) is 8.49. The zero-order valence-corrected chi connectivity index (χ0v) is 15.0. The number of hydrogen-bond acceptors (Lipinski definition) is 2. The third-order valence-corrected chi connectivity index (χ3v) is 4.61. The molecule has 0 spiro atoms. The molecule has 0 aromatic heterocycles. The predicted molar refractivity (Wildman–Crippen MR) is 98.9 cm³/mol. The Labute approximate surface area is 153 Å². The topological polar surface area (TPSA) is 49.4 Å². The summed E-state index contributed by atoms with van der Waals surface area (Å²) in [5.74, 6) is -0.333. The van der Waals surface area contributed by atoms with Gasteiger partial charge in [0, 0.05) is 34.3 Å². The monoisotopic (exact) mass is 404 g/mol. The second-order valence-corrected chi connectivity index (χ2v) is 6.69. The highest BCUT2D eigenvalue weighted by Gasteiger charge is 2.30. The number of rotatable bonds is 4. The second kappa shape index (κ2) is 6.79. The largest absolute Gasteiger partial charge is 0.325 e. The smallest absolute Gasteiger partial charge is 0.258 e. The van der Waals surface area contributed by atoms with E-state index in [0.717, 1.165) is 10.0 Å². The number of nitrogens with one attached hydrogen (secondary N) is 1. The van der Waals surface area contributed by atoms with Crippen LogP contribution < -0.4 is 5.32 Å². The number of amides is 2. The number of fused-ring (bicyclic) bond motifs is 1. The van der Waals surface area contributed by atoms with Gasteiger partial charge in [-0.3, -0.25) is 9.59 Å². The van der Waals surface area contributed by atoms with Crippen LogP contribution in [0.4, 0.5) is 5.69 Å². The fourth-order valence-electron chi connectivity index (χ4n) is 2.59. The van der Waals surface area contributed by atoms with Crippen molar-refractivity contribution in [2.75, 3.05) is 11.9 Å². The lowest BCUT2D eigenvalue weighted by atomic mass is 10.1. The lowest BCUT2D eigenvalue weighted by molar-refractivity contribution is -0.116. The summed E-state index contributed by atoms with van der Waals surface area (Å²) in [5, 5.41) is 3.20. The molecule has 0 atom stereocenters. The number of carbonyl (C=O) groups is 2. The Morgan fingerprint density at radius 3 is 2.58 bits per heavy atom. The van der Waals surface area contributed by atoms with Crippen LogP contribution in [0.25, 0.3) is 5.70 Å². The summed E-state index contributed by atoms with van der Waals surface area (Å²) in [4.78, 5) is 26.1. The van der Waals surface area contributed by atoms with Gasteiger partial charge in [-0.25, -0.2) is 0 Å². The van der Waals surface area contributed by atoms with E-state index in [1.54, 1.807) is 24.3 Å². The van der Waals surface area contributed by atoms with Gasteiger partial charge in [0.2, 0.25) is 5.91 Å². The Bertz CT molecular complexity index is 816. The van der Waals surface area contributed by atoms with E-state index in [0.29, 0.717) is 22.0 Å². The molecular weight excluding hydrogens is 392 g/mol. The molecule has 2 aromatic carbocycles. The van der Waals surface area contributed by atoms with Gasteiger partial charge in [-0.05, 0) is 24.3 Å². The summed E-state index contributed by atoms with van der Waals surface area (Å²) in [6.45, 7) is 4.23. The molecule has 0 saturated carbocycles. The van der Waals surface area contributed by atoms with Gasteiger partial charge in [0.05, 0.1) is 10.7 Å². The molecule has 3 rings (SSSR count). The lowest BCUT2D eigenvalue weighted by Crippen LogP contribution is -2.27. The summed E-state index contributed by atoms with van der Waals surface area (Å²) in [6.07, 6.45) is 0.158. The molecule has 0 aliphatic carbocycles. The minimum atomic E-state index is -0.212. The Kier molecular flexibility index (Phi) is 4.73. The van der Waals surface area contributed by atoms with Crippen molar-refractivity contribution in [1.29, 1.82) is 0 Å². The molecule has 2 aromatic rings. The fourth-order valence-corrected chi connectivity index (χ4v) is 3.31. The normalized spacial score (nSPS) is 13.2. The van der Waals surface area contributed by atoms with Crippen LogP contribution in [0.2, 0.25) is 5.02 Å². The minimum Gasteiger partial charge on any atom is -0.325 e. The maximum atomic E-state index is 12.4. The lowest BCUT2D eigenvalue weighted by Gasteiger charge is -2.17. The minimum absolute atomic E-state index is 0.120. The van der Waals surface area contributed by atoms with E-state index in [-0.39, 0.29) is 24.8 Å². The maximum Gasteiger partial charge on any atom is 0.258 e. The molecular formula is C18H14BrClN2O2. The quantitative estimate of drug-likeness (QED) is 0.811. The molecule has 0 unspecified atom stereocenters. The zero-order valence-electron chi connectivity index (χ0n) is 12.7. The van der Waals surface area contributed by atoms with E-state index in [1.807, 2.05) is 18.2 Å². The van der Waals surface area contributed by atoms with Crippen LogP contribution in [0.15, 0.2) is 53.5 Å². The van der Waals surface area contributed by atoms with Crippen molar-refractivity contribution in [3.63, 3.8) is 0 Å². The molecule has 0 radical (unpaired) electrons. The third kappa shape index (κ3) is 3.23. The van der Waals surface area contributed by atoms with Gasteiger partial charge < -0.3 is 10.2 Å². The summed E-state index contributed by atoms with van der Waals surface area (Å²) in [5.41, 5.74) is 2.61. The maximum absolute atomic E-state index is 12.4. The van der Waals surface area contributed by atoms with E-state index < -0.39 is 0 Å². The molecule has 4 nitrogen and oxygen atoms in total. The third-order valence-electron chi connectivity index (χ3n) is 3.81. The molecule has 0 fully saturated rings. The standard InChI is InChI=1S/C18H14BrClN2O2/c1-11-13-4-2-3-5-14(13)18(24)22(11)9-8-17(23)21-16-7-6-12(19)10-15(16)20/h2-7,10H,1,8-9H2,(H,21,23). The van der Waals surface area contributed by atoms with Crippen LogP contribution >= 0.6 is 27.5 Å². The molecule has 1 aliphatic heterocycles. The average Bonchev–Trinajstić information content (AvgIpc) is 2.80. The van der Waals surface area contributed by atoms with E-state index in [2.05, 4.69) is 27.8 Å². The number of halogens is 2. The highest BCUT2D eigenvalue weighted by Crippen LogP contribution is 2.31. The highest BCUT2D eigenvalue weighted by atomic mass is 79.9. The molecule has 6 heteroatoms. The van der Waals surface area contributed by atoms with Crippen LogP contribution in [-0.2, 0) is 4.79 Å². The zero-order chi connectivity index (χ0) is 17.3. The van der Waals surface area contributed by atoms with Crippen molar-refractivity contribution in [3.05, 3.63) is 69.7 Å². The van der Waals surface area contributed by atoms with Gasteiger partial charge in [0.15, 0.2) is 0 Å². The molecule has 1 N–H and O–H groups in total. The fraction of sp³-hybridized carbons (Fsp3) is 0.111. The molecule has 2 amide bonds. The van der Waals surface area contributed by atoms with Crippen molar-refractivity contribution in [2.45, 2.75) is 6.42 Å². The first kappa shape index (κ1) is 16.7. The summed E-state index contributed by atoms with van der Waals surface area (Å²) >= 11 is 9.40. The van der Waals surface area contributed by atoms with E-state index >= 15 is 0 Å². The van der Waals surface area contributed by atoms with E-state index in [9.17, 15) is 9.59 Å². The first-order chi connectivity index (χ1) is 11.5. The summed E-state index contributed by atoms with van der Waals surface area (Å²) < 4.78 is 0.835. The number of benzene rings is 2. The summed E-state index contributed by atoms with van der Waals surface area (Å²) in [6, 6.07) is 12.5. The van der Waals surface area contributed by atoms with E-state index in [1.165, 1.54) is 4.90 Å². The molecule has 122 valence electrons. The Morgan fingerprint density at radius 1 is 1.21 bits per heavy atom. The molecule has 24 heavy (non-hydrogen) atoms. The second-order valence-electron chi connectivity index (χ2n) is 5.37. The van der Waals surface area contributed by atoms with E-state index in [4.69, 9.17) is 11.6 Å². The Hall–Kier alpha value is -2.11. The SMILES string of the molecule is C=C1c2ccccc2C(=O)N1CCC(=O)Nc1ccc(Br)cc1Cl. The van der Waals surface area contributed by atoms with Gasteiger partial charge in [-0.1, -0.05) is 52.3 Å². The van der Waals surface area contributed by atoms with Crippen molar-refractivity contribution >= 4 is 50.7 Å². The Morgan fingerprint density at radius 2 is 1.92 bits per heavy atom. The number of hydrogen-bond donors (Lipinski definition) is 1. The van der Waals surface area contributed by atoms with Crippen molar-refractivity contribution in [3.8, 4) is 0 Å².